The largest absolute Gasteiger partial charge is 0.480 e. The zero-order valence-electron chi connectivity index (χ0n) is 12.3. The maximum atomic E-state index is 11.8. The van der Waals surface area contributed by atoms with Crippen LogP contribution in [0.5, 0.6) is 0 Å². The minimum atomic E-state index is -1.06. The first kappa shape index (κ1) is 17.3. The van der Waals surface area contributed by atoms with Crippen LogP contribution in [0.2, 0.25) is 0 Å². The fraction of sp³-hybridized carbons (Fsp3) is 0.733. The van der Waals surface area contributed by atoms with Crippen molar-refractivity contribution in [3.8, 4) is 11.8 Å². The zero-order valence-corrected chi connectivity index (χ0v) is 12.3. The smallest absolute Gasteiger partial charge is 0.409 e. The van der Waals surface area contributed by atoms with Crippen molar-refractivity contribution < 1.29 is 19.4 Å². The summed E-state index contributed by atoms with van der Waals surface area (Å²) >= 11 is 0. The minimum Gasteiger partial charge on any atom is -0.480 e. The van der Waals surface area contributed by atoms with Gasteiger partial charge in [-0.3, -0.25) is 0 Å². The van der Waals surface area contributed by atoms with E-state index < -0.39 is 24.2 Å². The van der Waals surface area contributed by atoms with Crippen molar-refractivity contribution in [2.24, 2.45) is 5.73 Å². The molecule has 0 fully saturated rings. The molecule has 0 aromatic heterocycles. The van der Waals surface area contributed by atoms with Crippen molar-refractivity contribution in [1.29, 1.82) is 0 Å². The molecule has 0 saturated carbocycles. The Kier molecular flexibility index (Phi) is 8.29. The number of carboxylic acid groups (broad SMARTS) is 1. The van der Waals surface area contributed by atoms with Crippen LogP contribution in [0.15, 0.2) is 0 Å². The predicted molar refractivity (Wildman–Crippen MR) is 78.6 cm³/mol. The van der Waals surface area contributed by atoms with E-state index in [-0.39, 0.29) is 0 Å². The number of hydrogen-bond acceptors (Lipinski definition) is 4. The van der Waals surface area contributed by atoms with E-state index >= 15 is 0 Å². The normalized spacial score (nSPS) is 19.4. The second-order valence-electron chi connectivity index (χ2n) is 5.13. The van der Waals surface area contributed by atoms with Crippen LogP contribution in [0.25, 0.3) is 0 Å². The first-order valence-corrected chi connectivity index (χ1v) is 7.52. The molecular formula is C15H24N2O4. The van der Waals surface area contributed by atoms with Gasteiger partial charge in [0.05, 0.1) is 0 Å². The van der Waals surface area contributed by atoms with Crippen LogP contribution in [0.1, 0.15) is 51.4 Å². The van der Waals surface area contributed by atoms with Gasteiger partial charge in [-0.1, -0.05) is 18.3 Å². The lowest BCUT2D eigenvalue weighted by Crippen LogP contribution is -2.42. The third kappa shape index (κ3) is 7.57. The average Bonchev–Trinajstić information content (AvgIpc) is 2.40. The number of carboxylic acids is 1. The van der Waals surface area contributed by atoms with E-state index in [2.05, 4.69) is 17.2 Å². The number of hydrogen-bond donors (Lipinski definition) is 3. The summed E-state index contributed by atoms with van der Waals surface area (Å²) in [4.78, 5) is 22.9. The third-order valence-corrected chi connectivity index (χ3v) is 3.32. The van der Waals surface area contributed by atoms with Gasteiger partial charge in [0.1, 0.15) is 6.04 Å². The summed E-state index contributed by atoms with van der Waals surface area (Å²) in [6.07, 6.45) is 5.21. The Labute approximate surface area is 125 Å². The number of rotatable bonds is 7. The molecule has 0 aromatic rings. The van der Waals surface area contributed by atoms with Gasteiger partial charge in [0.25, 0.3) is 0 Å². The molecule has 1 amide bonds. The molecule has 2 atom stereocenters. The maximum Gasteiger partial charge on any atom is 0.409 e. The van der Waals surface area contributed by atoms with Crippen molar-refractivity contribution in [2.75, 3.05) is 6.54 Å². The van der Waals surface area contributed by atoms with E-state index in [4.69, 9.17) is 15.6 Å². The van der Waals surface area contributed by atoms with E-state index in [0.29, 0.717) is 25.8 Å². The highest BCUT2D eigenvalue weighted by molar-refractivity contribution is 5.79. The van der Waals surface area contributed by atoms with Gasteiger partial charge in [0.2, 0.25) is 0 Å². The lowest BCUT2D eigenvalue weighted by molar-refractivity contribution is -0.139. The number of unbranched alkanes of at least 4 members (excludes halogenated alkanes) is 1. The summed E-state index contributed by atoms with van der Waals surface area (Å²) in [5.41, 5.74) is 5.37. The van der Waals surface area contributed by atoms with Crippen molar-refractivity contribution in [2.45, 2.75) is 63.5 Å². The molecule has 0 heterocycles. The Morgan fingerprint density at radius 2 is 2.14 bits per heavy atom. The number of ether oxygens (including phenoxy) is 1. The highest BCUT2D eigenvalue weighted by atomic mass is 16.6. The van der Waals surface area contributed by atoms with E-state index in [1.807, 2.05) is 0 Å². The number of amides is 1. The Morgan fingerprint density at radius 1 is 1.33 bits per heavy atom. The van der Waals surface area contributed by atoms with Crippen molar-refractivity contribution in [3.63, 3.8) is 0 Å². The minimum absolute atomic E-state index is 0.345. The summed E-state index contributed by atoms with van der Waals surface area (Å²) in [6, 6.07) is -0.939. The quantitative estimate of drug-likeness (QED) is 0.489. The van der Waals surface area contributed by atoms with Crippen molar-refractivity contribution in [3.05, 3.63) is 0 Å². The van der Waals surface area contributed by atoms with Gasteiger partial charge >= 0.3 is 12.1 Å². The number of aliphatic carboxylic acids is 1. The molecule has 4 N–H and O–H groups in total. The molecule has 0 aliphatic heterocycles. The van der Waals surface area contributed by atoms with Crippen LogP contribution < -0.4 is 11.1 Å². The highest BCUT2D eigenvalue weighted by Crippen LogP contribution is 2.11. The summed E-state index contributed by atoms with van der Waals surface area (Å²) in [7, 11) is 0. The van der Waals surface area contributed by atoms with Gasteiger partial charge in [-0.15, -0.1) is 0 Å². The first-order valence-electron chi connectivity index (χ1n) is 7.52. The maximum absolute atomic E-state index is 11.8. The number of alkyl carbamates (subject to hydrolysis) is 1. The van der Waals surface area contributed by atoms with Gasteiger partial charge in [-0.25, -0.2) is 9.59 Å². The molecule has 6 heteroatoms. The lowest BCUT2D eigenvalue weighted by Gasteiger charge is -2.17. The van der Waals surface area contributed by atoms with Gasteiger partial charge < -0.3 is 20.9 Å². The second-order valence-corrected chi connectivity index (χ2v) is 5.13. The van der Waals surface area contributed by atoms with E-state index in [0.717, 1.165) is 32.1 Å². The molecule has 118 valence electrons. The Bertz CT molecular complexity index is 400. The summed E-state index contributed by atoms with van der Waals surface area (Å²) in [6.45, 7) is 0.508. The molecule has 0 bridgehead atoms. The molecule has 1 aliphatic rings. The second kappa shape index (κ2) is 10.1. The van der Waals surface area contributed by atoms with E-state index in [1.54, 1.807) is 0 Å². The molecule has 1 aliphatic carbocycles. The zero-order chi connectivity index (χ0) is 15.5. The molecular weight excluding hydrogens is 272 g/mol. The van der Waals surface area contributed by atoms with Crippen LogP contribution in [0, 0.1) is 11.8 Å². The van der Waals surface area contributed by atoms with Crippen LogP contribution in [-0.4, -0.2) is 35.9 Å². The summed E-state index contributed by atoms with van der Waals surface area (Å²) in [5, 5.41) is 11.5. The van der Waals surface area contributed by atoms with Crippen molar-refractivity contribution >= 4 is 12.1 Å². The molecule has 21 heavy (non-hydrogen) atoms. The SMILES string of the molecule is NCCCC[C@H](NC(=O)OC1C#CCCCCC1)C(=O)O. The highest BCUT2D eigenvalue weighted by Gasteiger charge is 2.21. The summed E-state index contributed by atoms with van der Waals surface area (Å²) < 4.78 is 5.20. The molecule has 0 saturated heterocycles. The number of carbonyl (C=O) groups excluding carboxylic acids is 1. The molecule has 0 aromatic carbocycles. The van der Waals surface area contributed by atoms with Crippen LogP contribution in [0.3, 0.4) is 0 Å². The average molecular weight is 296 g/mol. The van der Waals surface area contributed by atoms with Crippen LogP contribution >= 0.6 is 0 Å². The van der Waals surface area contributed by atoms with Crippen molar-refractivity contribution in [1.82, 2.24) is 5.32 Å². The molecule has 0 radical (unpaired) electrons. The molecule has 1 rings (SSSR count). The standard InChI is InChI=1S/C15H24N2O4/c16-11-7-6-10-13(14(18)19)17-15(20)21-12-8-4-2-1-3-5-9-12/h12-13H,1-4,6-8,10-11,16H2,(H,17,20)(H,18,19)/t12?,13-/m0/s1. The first-order chi connectivity index (χ1) is 10.1. The Morgan fingerprint density at radius 3 is 2.86 bits per heavy atom. The lowest BCUT2D eigenvalue weighted by atomic mass is 10.1. The van der Waals surface area contributed by atoms with Gasteiger partial charge in [0.15, 0.2) is 6.10 Å². The van der Waals surface area contributed by atoms with Crippen LogP contribution in [-0.2, 0) is 9.53 Å². The summed E-state index contributed by atoms with van der Waals surface area (Å²) in [5.74, 6) is 4.82. The molecule has 1 unspecified atom stereocenters. The van der Waals surface area contributed by atoms with E-state index in [9.17, 15) is 9.59 Å². The third-order valence-electron chi connectivity index (χ3n) is 3.32. The molecule has 0 spiro atoms. The van der Waals surface area contributed by atoms with E-state index in [1.165, 1.54) is 0 Å². The fourth-order valence-corrected chi connectivity index (χ4v) is 2.12. The van der Waals surface area contributed by atoms with Gasteiger partial charge in [-0.05, 0) is 45.1 Å². The Balaban J connectivity index is 2.42. The number of nitrogens with two attached hydrogens (primary N) is 1. The molecule has 6 nitrogen and oxygen atoms in total. The van der Waals surface area contributed by atoms with Crippen LogP contribution in [0.4, 0.5) is 4.79 Å². The predicted octanol–water partition coefficient (Wildman–Crippen LogP) is 1.63. The Hall–Kier alpha value is -1.74. The fourth-order valence-electron chi connectivity index (χ4n) is 2.12. The van der Waals surface area contributed by atoms with Gasteiger partial charge in [-0.2, -0.15) is 0 Å². The number of carbonyl (C=O) groups is 2. The monoisotopic (exact) mass is 296 g/mol. The topological polar surface area (TPSA) is 102 Å². The number of nitrogens with one attached hydrogen (secondary N) is 1. The van der Waals surface area contributed by atoms with Gasteiger partial charge in [0, 0.05) is 6.42 Å².